The summed E-state index contributed by atoms with van der Waals surface area (Å²) in [5.74, 6) is -1.56. The molecular formula is C40H55N3O12. The predicted molar refractivity (Wildman–Crippen MR) is 201 cm³/mol. The first-order valence-corrected chi connectivity index (χ1v) is 18.8. The first-order valence-electron chi connectivity index (χ1n) is 18.8. The fourth-order valence-corrected chi connectivity index (χ4v) is 5.93. The number of ether oxygens (including phenoxy) is 4. The van der Waals surface area contributed by atoms with Crippen LogP contribution in [0.4, 0.5) is 4.79 Å². The van der Waals surface area contributed by atoms with Gasteiger partial charge in [-0.3, -0.25) is 28.8 Å². The molecule has 1 heterocycles. The van der Waals surface area contributed by atoms with Gasteiger partial charge in [0, 0.05) is 97.3 Å². The number of ketones is 1. The first-order chi connectivity index (χ1) is 26.6. The highest BCUT2D eigenvalue weighted by Gasteiger charge is 2.35. The van der Waals surface area contributed by atoms with E-state index in [4.69, 9.17) is 28.9 Å². The predicted octanol–water partition coefficient (Wildman–Crippen LogP) is 4.15. The van der Waals surface area contributed by atoms with Gasteiger partial charge in [0.25, 0.3) is 11.8 Å². The molecule has 1 unspecified atom stereocenters. The standard InChI is InChI=1S/C28H31NO8.C12H24N2O4/c1-18-6-8-20-21-9-7-19(25(31)5-4-14-35-13-3-2-12-30)16-23(21)24(22(20)15-18)17-36-28(34)37-29-26(32)10-11-27(29)33;1-13-11(15)5-3-6-12(16)14-7-10-18-9-4-8-17-2/h6-9,15-16,24,30H,2-5,10-14,17H2,1H3;3-10H2,1-2H3,(H,13,15)(H,14,16). The molecule has 1 atom stereocenters. The number of aryl methyl sites for hydroxylation is 1. The quantitative estimate of drug-likeness (QED) is 0.0634. The maximum atomic E-state index is 12.9. The topological polar surface area (TPSA) is 196 Å². The van der Waals surface area contributed by atoms with Crippen LogP contribution in [0.5, 0.6) is 0 Å². The number of aliphatic hydroxyl groups excluding tert-OH is 1. The van der Waals surface area contributed by atoms with Crippen LogP contribution in [0.15, 0.2) is 36.4 Å². The highest BCUT2D eigenvalue weighted by molar-refractivity contribution is 6.01. The van der Waals surface area contributed by atoms with Crippen LogP contribution >= 0.6 is 0 Å². The van der Waals surface area contributed by atoms with Crippen molar-refractivity contribution < 1.29 is 57.7 Å². The number of carbonyl (C=O) groups excluding carboxylic acids is 6. The lowest BCUT2D eigenvalue weighted by atomic mass is 9.94. The van der Waals surface area contributed by atoms with E-state index < -0.39 is 18.0 Å². The number of carbonyl (C=O) groups is 6. The van der Waals surface area contributed by atoms with Crippen LogP contribution in [0.1, 0.15) is 97.2 Å². The molecule has 1 fully saturated rings. The molecule has 302 valence electrons. The van der Waals surface area contributed by atoms with E-state index in [0.717, 1.165) is 40.7 Å². The Morgan fingerprint density at radius 3 is 2.15 bits per heavy atom. The molecule has 1 aliphatic heterocycles. The van der Waals surface area contributed by atoms with Crippen molar-refractivity contribution in [2.24, 2.45) is 0 Å². The van der Waals surface area contributed by atoms with Gasteiger partial charge in [0.15, 0.2) is 5.78 Å². The summed E-state index contributed by atoms with van der Waals surface area (Å²) in [5.41, 5.74) is 5.42. The maximum Gasteiger partial charge on any atom is 0.533 e. The highest BCUT2D eigenvalue weighted by Crippen LogP contribution is 2.45. The van der Waals surface area contributed by atoms with Gasteiger partial charge < -0.3 is 34.7 Å². The number of nitrogens with zero attached hydrogens (tertiary/aromatic N) is 1. The molecule has 2 aromatic carbocycles. The van der Waals surface area contributed by atoms with Crippen LogP contribution < -0.4 is 10.6 Å². The number of nitrogens with one attached hydrogen (secondary N) is 2. The van der Waals surface area contributed by atoms with Gasteiger partial charge in [0.05, 0.1) is 6.61 Å². The molecule has 15 nitrogen and oxygen atoms in total. The number of fused-ring (bicyclic) bond motifs is 3. The zero-order valence-electron chi connectivity index (χ0n) is 32.2. The Hall–Kier alpha value is -4.70. The molecule has 4 amide bonds. The number of benzene rings is 2. The molecule has 2 aromatic rings. The summed E-state index contributed by atoms with van der Waals surface area (Å²) in [6, 6.07) is 11.6. The maximum absolute atomic E-state index is 12.9. The minimum absolute atomic E-state index is 0.000897. The average Bonchev–Trinajstić information content (AvgIpc) is 3.66. The third-order valence-corrected chi connectivity index (χ3v) is 8.84. The van der Waals surface area contributed by atoms with Crippen molar-refractivity contribution in [1.29, 1.82) is 0 Å². The van der Waals surface area contributed by atoms with Gasteiger partial charge in [0.2, 0.25) is 11.8 Å². The summed E-state index contributed by atoms with van der Waals surface area (Å²) in [6.45, 7) is 5.43. The van der Waals surface area contributed by atoms with Crippen molar-refractivity contribution in [3.63, 3.8) is 0 Å². The van der Waals surface area contributed by atoms with E-state index in [1.807, 2.05) is 43.3 Å². The average molecular weight is 770 g/mol. The number of methoxy groups -OCH3 is 1. The summed E-state index contributed by atoms with van der Waals surface area (Å²) < 4.78 is 21.0. The van der Waals surface area contributed by atoms with Gasteiger partial charge in [-0.1, -0.05) is 41.0 Å². The molecule has 55 heavy (non-hydrogen) atoms. The Morgan fingerprint density at radius 1 is 0.782 bits per heavy atom. The Kier molecular flexibility index (Phi) is 20.0. The van der Waals surface area contributed by atoms with Crippen LogP contribution in [0.25, 0.3) is 11.1 Å². The van der Waals surface area contributed by atoms with Crippen molar-refractivity contribution in [1.82, 2.24) is 15.7 Å². The molecule has 0 spiro atoms. The monoisotopic (exact) mass is 769 g/mol. The molecule has 2 aliphatic rings. The minimum Gasteiger partial charge on any atom is -0.432 e. The molecule has 0 aromatic heterocycles. The number of amides is 4. The van der Waals surface area contributed by atoms with Crippen LogP contribution in [0.3, 0.4) is 0 Å². The third-order valence-electron chi connectivity index (χ3n) is 8.84. The lowest BCUT2D eigenvalue weighted by Gasteiger charge is -2.17. The van der Waals surface area contributed by atoms with Crippen molar-refractivity contribution in [2.75, 3.05) is 67.0 Å². The lowest BCUT2D eigenvalue weighted by molar-refractivity contribution is -0.177. The van der Waals surface area contributed by atoms with E-state index in [1.165, 1.54) is 0 Å². The Labute approximate surface area is 322 Å². The molecule has 0 radical (unpaired) electrons. The van der Waals surface area contributed by atoms with Gasteiger partial charge in [-0.05, 0) is 67.3 Å². The van der Waals surface area contributed by atoms with E-state index in [0.29, 0.717) is 88.7 Å². The van der Waals surface area contributed by atoms with Gasteiger partial charge in [-0.2, -0.15) is 0 Å². The van der Waals surface area contributed by atoms with Gasteiger partial charge in [0.1, 0.15) is 6.61 Å². The minimum atomic E-state index is -1.13. The van der Waals surface area contributed by atoms with Crippen LogP contribution in [0.2, 0.25) is 0 Å². The number of hydrogen-bond acceptors (Lipinski definition) is 12. The number of hydroxylamine groups is 2. The Balaban J connectivity index is 0.000000382. The summed E-state index contributed by atoms with van der Waals surface area (Å²) in [7, 11) is 3.24. The van der Waals surface area contributed by atoms with Crippen molar-refractivity contribution >= 4 is 35.6 Å². The summed E-state index contributed by atoms with van der Waals surface area (Å²) >= 11 is 0. The zero-order chi connectivity index (χ0) is 40.0. The SMILES string of the molecule is CNC(=O)CCCC(=O)NCCOCCCOC.Cc1ccc2c(c1)C(COC(=O)ON1C(=O)CCC1=O)c1cc(C(=O)CCCOCCCCO)ccc1-2. The molecule has 15 heteroatoms. The van der Waals surface area contributed by atoms with Crippen molar-refractivity contribution in [2.45, 2.75) is 77.0 Å². The zero-order valence-corrected chi connectivity index (χ0v) is 32.2. The Bertz CT molecular complexity index is 1580. The van der Waals surface area contributed by atoms with Crippen LogP contribution in [-0.4, -0.2) is 113 Å². The number of rotatable bonds is 23. The second-order valence-electron chi connectivity index (χ2n) is 13.1. The normalized spacial score (nSPS) is 14.1. The van der Waals surface area contributed by atoms with Gasteiger partial charge >= 0.3 is 6.16 Å². The van der Waals surface area contributed by atoms with Crippen LogP contribution in [-0.2, 0) is 43.0 Å². The number of aliphatic hydroxyl groups is 1. The fraction of sp³-hybridized carbons (Fsp3) is 0.550. The third kappa shape index (κ3) is 15.2. The molecule has 0 bridgehead atoms. The Morgan fingerprint density at radius 2 is 1.44 bits per heavy atom. The summed E-state index contributed by atoms with van der Waals surface area (Å²) in [6.07, 6.45) is 3.49. The molecular weight excluding hydrogens is 714 g/mol. The molecule has 1 saturated heterocycles. The van der Waals surface area contributed by atoms with Crippen molar-refractivity contribution in [3.05, 3.63) is 58.7 Å². The second kappa shape index (κ2) is 24.7. The smallest absolute Gasteiger partial charge is 0.432 e. The number of imide groups is 1. The van der Waals surface area contributed by atoms with Gasteiger partial charge in [-0.15, -0.1) is 0 Å². The number of unbranched alkanes of at least 4 members (excludes halogenated alkanes) is 1. The second-order valence-corrected chi connectivity index (χ2v) is 13.1. The van der Waals surface area contributed by atoms with Crippen molar-refractivity contribution in [3.8, 4) is 11.1 Å². The van der Waals surface area contributed by atoms with E-state index >= 15 is 0 Å². The van der Waals surface area contributed by atoms with E-state index in [-0.39, 0.29) is 49.6 Å². The molecule has 0 saturated carbocycles. The van der Waals surface area contributed by atoms with E-state index in [1.54, 1.807) is 14.2 Å². The molecule has 3 N–H and O–H groups in total. The van der Waals surface area contributed by atoms with E-state index in [2.05, 4.69) is 10.6 Å². The summed E-state index contributed by atoms with van der Waals surface area (Å²) in [5, 5.41) is 14.5. The summed E-state index contributed by atoms with van der Waals surface area (Å²) in [4.78, 5) is 75.7. The number of hydrogen-bond donors (Lipinski definition) is 3. The molecule has 1 aliphatic carbocycles. The highest BCUT2D eigenvalue weighted by atomic mass is 16.8. The van der Waals surface area contributed by atoms with Crippen LogP contribution in [0, 0.1) is 6.92 Å². The lowest BCUT2D eigenvalue weighted by Crippen LogP contribution is -2.32. The largest absolute Gasteiger partial charge is 0.533 e. The first kappa shape index (κ1) is 44.7. The van der Waals surface area contributed by atoms with Gasteiger partial charge in [-0.25, -0.2) is 4.79 Å². The fourth-order valence-electron chi connectivity index (χ4n) is 5.93. The van der Waals surface area contributed by atoms with E-state index in [9.17, 15) is 28.8 Å². The molecule has 4 rings (SSSR count). The number of Topliss-reactive ketones (excluding diaryl/α,β-unsaturated/α-hetero) is 1.